The summed E-state index contributed by atoms with van der Waals surface area (Å²) in [5.74, 6) is 0.506. The van der Waals surface area contributed by atoms with Crippen LogP contribution in [0.1, 0.15) is 28.5 Å². The summed E-state index contributed by atoms with van der Waals surface area (Å²) in [6.45, 7) is 6.20. The highest BCUT2D eigenvalue weighted by Crippen LogP contribution is 2.36. The highest BCUT2D eigenvalue weighted by molar-refractivity contribution is 6.15. The zero-order chi connectivity index (χ0) is 17.7. The van der Waals surface area contributed by atoms with Crippen molar-refractivity contribution in [1.29, 1.82) is 0 Å². The van der Waals surface area contributed by atoms with E-state index in [1.807, 2.05) is 32.0 Å². The number of hydrogen-bond donors (Lipinski definition) is 2. The van der Waals surface area contributed by atoms with Crippen molar-refractivity contribution in [3.63, 3.8) is 0 Å². The first-order valence-electron chi connectivity index (χ1n) is 8.33. The summed E-state index contributed by atoms with van der Waals surface area (Å²) in [5, 5.41) is 3.27. The average Bonchev–Trinajstić information content (AvgIpc) is 3.13. The van der Waals surface area contributed by atoms with Gasteiger partial charge in [-0.05, 0) is 56.2 Å². The van der Waals surface area contributed by atoms with E-state index in [1.165, 1.54) is 0 Å². The minimum absolute atomic E-state index is 0.314. The number of rotatable bonds is 3. The van der Waals surface area contributed by atoms with Gasteiger partial charge in [-0.2, -0.15) is 0 Å². The van der Waals surface area contributed by atoms with Gasteiger partial charge in [-0.3, -0.25) is 0 Å². The van der Waals surface area contributed by atoms with Crippen LogP contribution in [0.15, 0.2) is 24.3 Å². The molecule has 0 saturated carbocycles. The Bertz CT molecular complexity index is 1130. The smallest absolute Gasteiger partial charge is 0.355 e. The lowest BCUT2D eigenvalue weighted by atomic mass is 10.0. The van der Waals surface area contributed by atoms with Crippen molar-refractivity contribution in [1.82, 2.24) is 9.97 Å². The predicted octanol–water partition coefficient (Wildman–Crippen LogP) is 4.60. The topological polar surface area (TPSA) is 67.1 Å². The van der Waals surface area contributed by atoms with Crippen molar-refractivity contribution in [3.05, 3.63) is 41.1 Å². The van der Waals surface area contributed by atoms with Gasteiger partial charge in [-0.25, -0.2) is 4.79 Å². The summed E-state index contributed by atoms with van der Waals surface area (Å²) >= 11 is 0. The molecule has 128 valence electrons. The molecular formula is C20H20N2O3. The maximum atomic E-state index is 12.2. The van der Waals surface area contributed by atoms with Crippen LogP contribution in [-0.2, 0) is 4.74 Å². The van der Waals surface area contributed by atoms with Gasteiger partial charge < -0.3 is 19.4 Å². The fourth-order valence-corrected chi connectivity index (χ4v) is 3.65. The maximum absolute atomic E-state index is 12.2. The Morgan fingerprint density at radius 2 is 1.84 bits per heavy atom. The fraction of sp³-hybridized carbons (Fsp3) is 0.250. The minimum atomic E-state index is -0.314. The van der Waals surface area contributed by atoms with Crippen LogP contribution < -0.4 is 4.74 Å². The monoisotopic (exact) mass is 336 g/mol. The van der Waals surface area contributed by atoms with Gasteiger partial charge in [-0.1, -0.05) is 0 Å². The molecule has 4 aromatic rings. The Balaban J connectivity index is 2.05. The van der Waals surface area contributed by atoms with Gasteiger partial charge >= 0.3 is 5.97 Å². The third kappa shape index (κ3) is 2.19. The summed E-state index contributed by atoms with van der Waals surface area (Å²) in [4.78, 5) is 18.9. The first-order valence-corrected chi connectivity index (χ1v) is 8.33. The molecule has 2 aromatic heterocycles. The normalized spacial score (nSPS) is 11.5. The maximum Gasteiger partial charge on any atom is 0.355 e. The van der Waals surface area contributed by atoms with E-state index in [4.69, 9.17) is 9.47 Å². The van der Waals surface area contributed by atoms with Crippen LogP contribution in [0, 0.1) is 13.8 Å². The van der Waals surface area contributed by atoms with Crippen LogP contribution in [-0.4, -0.2) is 29.7 Å². The first-order chi connectivity index (χ1) is 12.0. The number of carbonyl (C=O) groups is 1. The van der Waals surface area contributed by atoms with Crippen LogP contribution in [0.25, 0.3) is 32.7 Å². The first kappa shape index (κ1) is 15.6. The summed E-state index contributed by atoms with van der Waals surface area (Å²) in [7, 11) is 1.67. The van der Waals surface area contributed by atoms with Crippen molar-refractivity contribution in [2.45, 2.75) is 20.8 Å². The van der Waals surface area contributed by atoms with E-state index in [0.717, 1.165) is 49.6 Å². The molecular weight excluding hydrogens is 316 g/mol. The molecule has 0 fully saturated rings. The Hall–Kier alpha value is -2.95. The lowest BCUT2D eigenvalue weighted by molar-refractivity contribution is 0.0520. The van der Waals surface area contributed by atoms with E-state index in [0.29, 0.717) is 12.3 Å². The van der Waals surface area contributed by atoms with E-state index < -0.39 is 0 Å². The van der Waals surface area contributed by atoms with E-state index >= 15 is 0 Å². The molecule has 2 aromatic carbocycles. The molecule has 5 nitrogen and oxygen atoms in total. The standard InChI is InChI=1S/C20H20N2O3/c1-5-25-20(23)19-11(3)17-10(2)18-14(9-16(17)22-19)13-8-12(24-4)6-7-15(13)21-18/h6-9,21-22H,5H2,1-4H3. The Labute approximate surface area is 144 Å². The molecule has 0 spiro atoms. The number of ether oxygens (including phenoxy) is 2. The van der Waals surface area contributed by atoms with E-state index in [2.05, 4.69) is 23.0 Å². The molecule has 2 heterocycles. The lowest BCUT2D eigenvalue weighted by Crippen LogP contribution is -2.06. The zero-order valence-corrected chi connectivity index (χ0v) is 14.7. The van der Waals surface area contributed by atoms with Crippen molar-refractivity contribution in [3.8, 4) is 5.75 Å². The molecule has 25 heavy (non-hydrogen) atoms. The van der Waals surface area contributed by atoms with Gasteiger partial charge in [0.1, 0.15) is 11.4 Å². The Morgan fingerprint density at radius 1 is 1.04 bits per heavy atom. The minimum Gasteiger partial charge on any atom is -0.497 e. The fourth-order valence-electron chi connectivity index (χ4n) is 3.65. The molecule has 0 aliphatic carbocycles. The van der Waals surface area contributed by atoms with E-state index in [1.54, 1.807) is 7.11 Å². The highest BCUT2D eigenvalue weighted by atomic mass is 16.5. The number of esters is 1. The van der Waals surface area contributed by atoms with Gasteiger partial charge in [-0.15, -0.1) is 0 Å². The summed E-state index contributed by atoms with van der Waals surface area (Å²) < 4.78 is 10.5. The second-order valence-electron chi connectivity index (χ2n) is 6.23. The largest absolute Gasteiger partial charge is 0.497 e. The van der Waals surface area contributed by atoms with Gasteiger partial charge in [0.2, 0.25) is 0 Å². The number of fused-ring (bicyclic) bond motifs is 4. The number of aromatic amines is 2. The molecule has 0 unspecified atom stereocenters. The number of benzene rings is 2. The van der Waals surface area contributed by atoms with E-state index in [-0.39, 0.29) is 5.97 Å². The number of aryl methyl sites for hydroxylation is 2. The number of nitrogens with one attached hydrogen (secondary N) is 2. The molecule has 0 amide bonds. The molecule has 0 atom stereocenters. The zero-order valence-electron chi connectivity index (χ0n) is 14.7. The van der Waals surface area contributed by atoms with Gasteiger partial charge in [0.05, 0.1) is 19.2 Å². The third-order valence-corrected chi connectivity index (χ3v) is 4.84. The van der Waals surface area contributed by atoms with Gasteiger partial charge in [0.15, 0.2) is 0 Å². The molecule has 0 saturated heterocycles. The second-order valence-corrected chi connectivity index (χ2v) is 6.23. The number of carbonyl (C=O) groups excluding carboxylic acids is 1. The molecule has 2 N–H and O–H groups in total. The number of aromatic nitrogens is 2. The van der Waals surface area contributed by atoms with Crippen LogP contribution >= 0.6 is 0 Å². The van der Waals surface area contributed by atoms with Crippen LogP contribution in [0.4, 0.5) is 0 Å². The summed E-state index contributed by atoms with van der Waals surface area (Å²) in [6, 6.07) is 8.09. The third-order valence-electron chi connectivity index (χ3n) is 4.84. The van der Waals surface area contributed by atoms with Crippen LogP contribution in [0.3, 0.4) is 0 Å². The molecule has 0 aliphatic rings. The van der Waals surface area contributed by atoms with Crippen LogP contribution in [0.2, 0.25) is 0 Å². The SMILES string of the molecule is CCOC(=O)c1[nH]c2cc3c([nH]c4ccc(OC)cc43)c(C)c2c1C. The summed E-state index contributed by atoms with van der Waals surface area (Å²) in [5.41, 5.74) is 5.64. The van der Waals surface area contributed by atoms with Crippen molar-refractivity contribution in [2.75, 3.05) is 13.7 Å². The van der Waals surface area contributed by atoms with Crippen molar-refractivity contribution >= 4 is 38.7 Å². The number of H-pyrrole nitrogens is 2. The second kappa shape index (κ2) is 5.55. The van der Waals surface area contributed by atoms with Crippen LogP contribution in [0.5, 0.6) is 5.75 Å². The quantitative estimate of drug-likeness (QED) is 0.537. The molecule has 0 radical (unpaired) electrons. The Kier molecular flexibility index (Phi) is 3.46. The van der Waals surface area contributed by atoms with Crippen molar-refractivity contribution < 1.29 is 14.3 Å². The average molecular weight is 336 g/mol. The molecule has 0 bridgehead atoms. The van der Waals surface area contributed by atoms with Crippen molar-refractivity contribution in [2.24, 2.45) is 0 Å². The highest BCUT2D eigenvalue weighted by Gasteiger charge is 2.19. The summed E-state index contributed by atoms with van der Waals surface area (Å²) in [6.07, 6.45) is 0. The van der Waals surface area contributed by atoms with Gasteiger partial charge in [0, 0.05) is 27.2 Å². The van der Waals surface area contributed by atoms with Gasteiger partial charge in [0.25, 0.3) is 0 Å². The van der Waals surface area contributed by atoms with E-state index in [9.17, 15) is 4.79 Å². The lowest BCUT2D eigenvalue weighted by Gasteiger charge is -2.02. The number of hydrogen-bond acceptors (Lipinski definition) is 3. The molecule has 4 rings (SSSR count). The number of methoxy groups -OCH3 is 1. The molecule has 0 aliphatic heterocycles. The Morgan fingerprint density at radius 3 is 2.56 bits per heavy atom. The molecule has 5 heteroatoms. The predicted molar refractivity (Wildman–Crippen MR) is 99.6 cm³/mol.